The van der Waals surface area contributed by atoms with Crippen LogP contribution in [0, 0.1) is 5.82 Å². The number of carbonyl (C=O) groups is 2. The van der Waals surface area contributed by atoms with E-state index in [0.717, 1.165) is 0 Å². The number of likely N-dealkylation sites (N-methyl/N-ethyl adjacent to an activating group) is 1. The van der Waals surface area contributed by atoms with Gasteiger partial charge in [-0.1, -0.05) is 18.2 Å². The van der Waals surface area contributed by atoms with E-state index < -0.39 is 6.04 Å². The highest BCUT2D eigenvalue weighted by molar-refractivity contribution is 5.86. The van der Waals surface area contributed by atoms with Crippen molar-refractivity contribution in [1.82, 2.24) is 10.6 Å². The van der Waals surface area contributed by atoms with E-state index in [1.165, 1.54) is 20.0 Å². The lowest BCUT2D eigenvalue weighted by molar-refractivity contribution is -0.127. The Kier molecular flexibility index (Phi) is 4.63. The minimum absolute atomic E-state index is 0.131. The Balaban J connectivity index is 2.82. The summed E-state index contributed by atoms with van der Waals surface area (Å²) in [5.41, 5.74) is 0.398. The van der Waals surface area contributed by atoms with Crippen LogP contribution < -0.4 is 10.6 Å². The van der Waals surface area contributed by atoms with Gasteiger partial charge in [0, 0.05) is 20.4 Å². The van der Waals surface area contributed by atoms with Crippen LogP contribution in [-0.2, 0) is 16.0 Å². The molecule has 0 aliphatic carbocycles. The van der Waals surface area contributed by atoms with Gasteiger partial charge in [-0.2, -0.15) is 0 Å². The van der Waals surface area contributed by atoms with Crippen LogP contribution in [0.3, 0.4) is 0 Å². The minimum atomic E-state index is -0.755. The van der Waals surface area contributed by atoms with Crippen LogP contribution in [0.4, 0.5) is 4.39 Å². The summed E-state index contributed by atoms with van der Waals surface area (Å²) >= 11 is 0. The molecule has 0 bridgehead atoms. The first-order valence-electron chi connectivity index (χ1n) is 5.26. The van der Waals surface area contributed by atoms with Gasteiger partial charge < -0.3 is 10.6 Å². The molecule has 0 unspecified atom stereocenters. The molecule has 17 heavy (non-hydrogen) atoms. The topological polar surface area (TPSA) is 58.2 Å². The van der Waals surface area contributed by atoms with Crippen molar-refractivity contribution in [2.45, 2.75) is 19.4 Å². The molecule has 92 valence electrons. The van der Waals surface area contributed by atoms with Gasteiger partial charge in [-0.25, -0.2) is 4.39 Å². The normalized spacial score (nSPS) is 11.7. The van der Waals surface area contributed by atoms with Gasteiger partial charge in [0.1, 0.15) is 11.9 Å². The molecule has 0 aliphatic rings. The fraction of sp³-hybridized carbons (Fsp3) is 0.333. The maximum Gasteiger partial charge on any atom is 0.242 e. The van der Waals surface area contributed by atoms with Crippen LogP contribution in [0.15, 0.2) is 24.3 Å². The molecule has 0 radical (unpaired) electrons. The maximum absolute atomic E-state index is 13.4. The van der Waals surface area contributed by atoms with Crippen molar-refractivity contribution in [1.29, 1.82) is 0 Å². The maximum atomic E-state index is 13.4. The lowest BCUT2D eigenvalue weighted by atomic mass is 10.0. The largest absolute Gasteiger partial charge is 0.357 e. The fourth-order valence-corrected chi connectivity index (χ4v) is 1.51. The molecule has 0 heterocycles. The van der Waals surface area contributed by atoms with E-state index in [4.69, 9.17) is 0 Å². The number of halogens is 1. The second kappa shape index (κ2) is 5.98. The Morgan fingerprint density at radius 2 is 2.00 bits per heavy atom. The highest BCUT2D eigenvalue weighted by Gasteiger charge is 2.19. The molecule has 0 aromatic heterocycles. The molecule has 0 aliphatic heterocycles. The molecule has 1 aromatic carbocycles. The Hall–Kier alpha value is -1.91. The molecule has 4 nitrogen and oxygen atoms in total. The molecule has 1 atom stereocenters. The highest BCUT2D eigenvalue weighted by Crippen LogP contribution is 2.09. The van der Waals surface area contributed by atoms with Crippen molar-refractivity contribution < 1.29 is 14.0 Å². The Morgan fingerprint density at radius 3 is 2.53 bits per heavy atom. The third-order valence-electron chi connectivity index (χ3n) is 2.32. The summed E-state index contributed by atoms with van der Waals surface area (Å²) in [7, 11) is 1.47. The zero-order chi connectivity index (χ0) is 12.8. The number of nitrogens with one attached hydrogen (secondary N) is 2. The lowest BCUT2D eigenvalue weighted by Crippen LogP contribution is -2.46. The van der Waals surface area contributed by atoms with E-state index in [0.29, 0.717) is 5.56 Å². The zero-order valence-electron chi connectivity index (χ0n) is 9.79. The minimum Gasteiger partial charge on any atom is -0.357 e. The summed E-state index contributed by atoms with van der Waals surface area (Å²) < 4.78 is 13.4. The average molecular weight is 238 g/mol. The molecule has 2 amide bonds. The van der Waals surface area contributed by atoms with Crippen molar-refractivity contribution in [3.8, 4) is 0 Å². The smallest absolute Gasteiger partial charge is 0.242 e. The Bertz CT molecular complexity index is 421. The van der Waals surface area contributed by atoms with Crippen LogP contribution >= 0.6 is 0 Å². The highest BCUT2D eigenvalue weighted by atomic mass is 19.1. The number of hydrogen-bond donors (Lipinski definition) is 2. The summed E-state index contributed by atoms with van der Waals surface area (Å²) in [6.07, 6.45) is 0.131. The first kappa shape index (κ1) is 13.2. The van der Waals surface area contributed by atoms with Gasteiger partial charge in [-0.3, -0.25) is 9.59 Å². The van der Waals surface area contributed by atoms with Crippen molar-refractivity contribution >= 4 is 11.8 Å². The number of rotatable bonds is 4. The van der Waals surface area contributed by atoms with E-state index in [9.17, 15) is 14.0 Å². The van der Waals surface area contributed by atoms with Gasteiger partial charge in [0.15, 0.2) is 0 Å². The van der Waals surface area contributed by atoms with Gasteiger partial charge in [0.25, 0.3) is 0 Å². The molecule has 5 heteroatoms. The number of benzene rings is 1. The van der Waals surface area contributed by atoms with E-state index in [-0.39, 0.29) is 24.1 Å². The van der Waals surface area contributed by atoms with Crippen LogP contribution in [0.5, 0.6) is 0 Å². The summed E-state index contributed by atoms with van der Waals surface area (Å²) in [6.45, 7) is 1.32. The number of amides is 2. The lowest BCUT2D eigenvalue weighted by Gasteiger charge is -2.16. The molecular formula is C12H15FN2O2. The average Bonchev–Trinajstić information content (AvgIpc) is 2.29. The van der Waals surface area contributed by atoms with Crippen LogP contribution in [0.2, 0.25) is 0 Å². The van der Waals surface area contributed by atoms with Gasteiger partial charge in [0.2, 0.25) is 11.8 Å². The van der Waals surface area contributed by atoms with Crippen LogP contribution in [-0.4, -0.2) is 24.9 Å². The third kappa shape index (κ3) is 3.86. The van der Waals surface area contributed by atoms with Gasteiger partial charge in [0.05, 0.1) is 0 Å². The zero-order valence-corrected chi connectivity index (χ0v) is 9.79. The van der Waals surface area contributed by atoms with E-state index >= 15 is 0 Å². The summed E-state index contributed by atoms with van der Waals surface area (Å²) in [5.74, 6) is -1.05. The van der Waals surface area contributed by atoms with E-state index in [2.05, 4.69) is 10.6 Å². The monoisotopic (exact) mass is 238 g/mol. The molecule has 0 saturated carbocycles. The molecule has 1 aromatic rings. The van der Waals surface area contributed by atoms with Crippen molar-refractivity contribution in [2.75, 3.05) is 7.05 Å². The van der Waals surface area contributed by atoms with Crippen LogP contribution in [0.1, 0.15) is 12.5 Å². The molecule has 1 rings (SSSR count). The summed E-state index contributed by atoms with van der Waals surface area (Å²) in [6, 6.07) is 5.42. The van der Waals surface area contributed by atoms with E-state index in [1.807, 2.05) is 0 Å². The SMILES string of the molecule is CNC(=O)[C@H](Cc1ccccc1F)NC(C)=O. The summed E-state index contributed by atoms with van der Waals surface area (Å²) in [4.78, 5) is 22.5. The number of carbonyl (C=O) groups excluding carboxylic acids is 2. The third-order valence-corrected chi connectivity index (χ3v) is 2.32. The molecular weight excluding hydrogens is 223 g/mol. The van der Waals surface area contributed by atoms with Gasteiger partial charge in [-0.05, 0) is 11.6 Å². The first-order valence-corrected chi connectivity index (χ1v) is 5.26. The van der Waals surface area contributed by atoms with Crippen molar-refractivity contribution in [3.05, 3.63) is 35.6 Å². The molecule has 0 spiro atoms. The van der Waals surface area contributed by atoms with Crippen molar-refractivity contribution in [3.63, 3.8) is 0 Å². The Morgan fingerprint density at radius 1 is 1.35 bits per heavy atom. The summed E-state index contributed by atoms with van der Waals surface area (Å²) in [5, 5.41) is 4.92. The first-order chi connectivity index (χ1) is 8.04. The molecule has 0 fully saturated rings. The predicted molar refractivity (Wildman–Crippen MR) is 61.8 cm³/mol. The van der Waals surface area contributed by atoms with E-state index in [1.54, 1.807) is 18.2 Å². The van der Waals surface area contributed by atoms with Crippen LogP contribution in [0.25, 0.3) is 0 Å². The van der Waals surface area contributed by atoms with Gasteiger partial charge >= 0.3 is 0 Å². The predicted octanol–water partition coefficient (Wildman–Crippen LogP) is 0.619. The second-order valence-corrected chi connectivity index (χ2v) is 3.66. The molecule has 2 N–H and O–H groups in total. The van der Waals surface area contributed by atoms with Crippen molar-refractivity contribution in [2.24, 2.45) is 0 Å². The molecule has 0 saturated heterocycles. The van der Waals surface area contributed by atoms with Gasteiger partial charge in [-0.15, -0.1) is 0 Å². The quantitative estimate of drug-likeness (QED) is 0.807. The second-order valence-electron chi connectivity index (χ2n) is 3.66. The fourth-order valence-electron chi connectivity index (χ4n) is 1.51. The number of hydrogen-bond acceptors (Lipinski definition) is 2. The Labute approximate surface area is 99.2 Å². The standard InChI is InChI=1S/C12H15FN2O2/c1-8(16)15-11(12(17)14-2)7-9-5-3-4-6-10(9)13/h3-6,11H,7H2,1-2H3,(H,14,17)(H,15,16)/t11-/m0/s1.